The van der Waals surface area contributed by atoms with E-state index in [2.05, 4.69) is 9.97 Å². The average Bonchev–Trinajstić information content (AvgIpc) is 2.66. The molecule has 0 radical (unpaired) electrons. The van der Waals surface area contributed by atoms with Gasteiger partial charge in [0.15, 0.2) is 4.77 Å². The first-order valence-corrected chi connectivity index (χ1v) is 8.31. The molecule has 0 aliphatic heterocycles. The molecule has 0 saturated heterocycles. The molecule has 2 aromatic heterocycles. The normalized spacial score (nSPS) is 10.9. The lowest BCUT2D eigenvalue weighted by Gasteiger charge is -2.11. The topological polar surface area (TPSA) is 50.7 Å². The zero-order valence-corrected chi connectivity index (χ0v) is 14.4. The van der Waals surface area contributed by atoms with Crippen LogP contribution in [0.15, 0.2) is 71.5 Å². The highest BCUT2D eigenvalue weighted by molar-refractivity contribution is 7.71. The molecule has 25 heavy (non-hydrogen) atoms. The van der Waals surface area contributed by atoms with Crippen LogP contribution in [0.1, 0.15) is 0 Å². The summed E-state index contributed by atoms with van der Waals surface area (Å²) in [5.74, 6) is 0. The van der Waals surface area contributed by atoms with Crippen molar-refractivity contribution in [3.05, 3.63) is 81.9 Å². The molecule has 0 aliphatic rings. The maximum Gasteiger partial charge on any atom is 0.264 e. The second-order valence-corrected chi connectivity index (χ2v) is 6.19. The molecular weight excluding hydrogens is 330 g/mol. The lowest BCUT2D eigenvalue weighted by atomic mass is 10.0. The molecular formula is C20H15N3OS. The number of fused-ring (bicyclic) bond motifs is 1. The van der Waals surface area contributed by atoms with Crippen LogP contribution in [-0.4, -0.2) is 14.5 Å². The van der Waals surface area contributed by atoms with Gasteiger partial charge in [-0.15, -0.1) is 0 Å². The Hall–Kier alpha value is -3.05. The smallest absolute Gasteiger partial charge is 0.264 e. The van der Waals surface area contributed by atoms with Crippen molar-refractivity contribution in [2.45, 2.75) is 0 Å². The lowest BCUT2D eigenvalue weighted by molar-refractivity contribution is 0.821. The molecule has 1 N–H and O–H groups in total. The summed E-state index contributed by atoms with van der Waals surface area (Å²) in [4.78, 5) is 20.6. The third kappa shape index (κ3) is 2.68. The summed E-state index contributed by atoms with van der Waals surface area (Å²) in [6.07, 6.45) is 0. The molecule has 4 nitrogen and oxygen atoms in total. The molecule has 0 saturated carbocycles. The molecule has 0 atom stereocenters. The van der Waals surface area contributed by atoms with Gasteiger partial charge in [0.05, 0.1) is 11.1 Å². The summed E-state index contributed by atoms with van der Waals surface area (Å²) in [7, 11) is 1.67. The fraction of sp³-hybridized carbons (Fsp3) is 0.0500. The monoisotopic (exact) mass is 345 g/mol. The number of hydrogen-bond donors (Lipinski definition) is 1. The molecule has 5 heteroatoms. The maximum absolute atomic E-state index is 12.8. The Kier molecular flexibility index (Phi) is 3.78. The first-order valence-electron chi connectivity index (χ1n) is 7.90. The highest BCUT2D eigenvalue weighted by Crippen LogP contribution is 2.29. The van der Waals surface area contributed by atoms with Gasteiger partial charge in [0.25, 0.3) is 5.56 Å². The van der Waals surface area contributed by atoms with Gasteiger partial charge < -0.3 is 4.98 Å². The van der Waals surface area contributed by atoms with E-state index >= 15 is 0 Å². The number of benzene rings is 2. The minimum Gasteiger partial charge on any atom is -0.316 e. The van der Waals surface area contributed by atoms with Crippen molar-refractivity contribution < 1.29 is 0 Å². The van der Waals surface area contributed by atoms with Crippen LogP contribution in [0.5, 0.6) is 0 Å². The number of nitrogens with one attached hydrogen (secondary N) is 1. The van der Waals surface area contributed by atoms with Crippen molar-refractivity contribution in [2.24, 2.45) is 7.05 Å². The van der Waals surface area contributed by atoms with E-state index < -0.39 is 0 Å². The van der Waals surface area contributed by atoms with E-state index in [9.17, 15) is 4.79 Å². The largest absolute Gasteiger partial charge is 0.316 e. The molecule has 0 amide bonds. The average molecular weight is 345 g/mol. The summed E-state index contributed by atoms with van der Waals surface area (Å²) in [5, 5.41) is 0.544. The van der Waals surface area contributed by atoms with E-state index in [4.69, 9.17) is 12.2 Å². The van der Waals surface area contributed by atoms with Crippen molar-refractivity contribution in [1.29, 1.82) is 0 Å². The predicted octanol–water partition coefficient (Wildman–Crippen LogP) is 4.33. The van der Waals surface area contributed by atoms with Crippen molar-refractivity contribution in [3.8, 4) is 22.4 Å². The predicted molar refractivity (Wildman–Crippen MR) is 103 cm³/mol. The Morgan fingerprint density at radius 3 is 2.20 bits per heavy atom. The lowest BCUT2D eigenvalue weighted by Crippen LogP contribution is -2.20. The standard InChI is InChI=1S/C20H15N3OS/c1-23-19(24)17-15(13-8-4-2-5-9-13)12-16(14-10-6-3-7-11-14)21-18(17)22-20(23)25/h2-12H,1H3,(H,21,22,25). The van der Waals surface area contributed by atoms with E-state index in [1.54, 1.807) is 7.05 Å². The van der Waals surface area contributed by atoms with Crippen molar-refractivity contribution in [1.82, 2.24) is 14.5 Å². The van der Waals surface area contributed by atoms with E-state index in [-0.39, 0.29) is 5.56 Å². The van der Waals surface area contributed by atoms with Gasteiger partial charge in [-0.05, 0) is 23.8 Å². The first kappa shape index (κ1) is 15.5. The number of aromatic amines is 1. The summed E-state index contributed by atoms with van der Waals surface area (Å²) in [6.45, 7) is 0. The van der Waals surface area contributed by atoms with Crippen LogP contribution in [0, 0.1) is 4.77 Å². The molecule has 0 spiro atoms. The van der Waals surface area contributed by atoms with Gasteiger partial charge in [-0.25, -0.2) is 4.98 Å². The van der Waals surface area contributed by atoms with Crippen LogP contribution >= 0.6 is 12.2 Å². The Bertz CT molecular complexity index is 1180. The van der Waals surface area contributed by atoms with Gasteiger partial charge in [0, 0.05) is 18.2 Å². The Morgan fingerprint density at radius 1 is 0.960 bits per heavy atom. The Morgan fingerprint density at radius 2 is 1.56 bits per heavy atom. The van der Waals surface area contributed by atoms with Crippen LogP contribution < -0.4 is 5.56 Å². The molecule has 4 rings (SSSR count). The first-order chi connectivity index (χ1) is 12.1. The van der Waals surface area contributed by atoms with Crippen LogP contribution in [0.2, 0.25) is 0 Å². The van der Waals surface area contributed by atoms with Gasteiger partial charge in [-0.3, -0.25) is 9.36 Å². The van der Waals surface area contributed by atoms with Crippen LogP contribution in [0.25, 0.3) is 33.4 Å². The summed E-state index contributed by atoms with van der Waals surface area (Å²) < 4.78 is 1.79. The highest BCUT2D eigenvalue weighted by Gasteiger charge is 2.14. The zero-order valence-electron chi connectivity index (χ0n) is 13.6. The number of nitrogens with zero attached hydrogens (tertiary/aromatic N) is 2. The van der Waals surface area contributed by atoms with Gasteiger partial charge in [-0.2, -0.15) is 0 Å². The Balaban J connectivity index is 2.15. The molecule has 0 aliphatic carbocycles. The Labute approximate surface area is 149 Å². The minimum atomic E-state index is -0.148. The minimum absolute atomic E-state index is 0.148. The summed E-state index contributed by atoms with van der Waals surface area (Å²) in [6, 6.07) is 21.7. The van der Waals surface area contributed by atoms with E-state index in [1.165, 1.54) is 4.57 Å². The molecule has 2 heterocycles. The van der Waals surface area contributed by atoms with Gasteiger partial charge in [-0.1, -0.05) is 60.7 Å². The highest BCUT2D eigenvalue weighted by atomic mass is 32.1. The van der Waals surface area contributed by atoms with Crippen molar-refractivity contribution in [3.63, 3.8) is 0 Å². The second kappa shape index (κ2) is 6.11. The third-order valence-electron chi connectivity index (χ3n) is 4.22. The number of H-pyrrole nitrogens is 1. The second-order valence-electron chi connectivity index (χ2n) is 5.81. The van der Waals surface area contributed by atoms with Crippen LogP contribution in [-0.2, 0) is 7.05 Å². The number of pyridine rings is 1. The van der Waals surface area contributed by atoms with Crippen LogP contribution in [0.4, 0.5) is 0 Å². The SMILES string of the molecule is Cn1c(=S)[nH]c2nc(-c3ccccc3)cc(-c3ccccc3)c2c1=O. The number of aromatic nitrogens is 3. The summed E-state index contributed by atoms with van der Waals surface area (Å²) in [5.41, 5.74) is 3.96. The fourth-order valence-electron chi connectivity index (χ4n) is 2.90. The third-order valence-corrected chi connectivity index (χ3v) is 4.60. The van der Waals surface area contributed by atoms with E-state index in [1.807, 2.05) is 66.7 Å². The maximum atomic E-state index is 12.8. The molecule has 0 fully saturated rings. The summed E-state index contributed by atoms with van der Waals surface area (Å²) >= 11 is 5.26. The molecule has 122 valence electrons. The fourth-order valence-corrected chi connectivity index (χ4v) is 3.08. The van der Waals surface area contributed by atoms with Gasteiger partial charge in [0.1, 0.15) is 5.65 Å². The van der Waals surface area contributed by atoms with E-state index in [0.29, 0.717) is 15.8 Å². The van der Waals surface area contributed by atoms with Crippen molar-refractivity contribution in [2.75, 3.05) is 0 Å². The number of rotatable bonds is 2. The molecule has 4 aromatic rings. The zero-order chi connectivity index (χ0) is 17.4. The molecule has 0 unspecified atom stereocenters. The number of hydrogen-bond acceptors (Lipinski definition) is 3. The van der Waals surface area contributed by atoms with Gasteiger partial charge in [0.2, 0.25) is 0 Å². The van der Waals surface area contributed by atoms with Gasteiger partial charge >= 0.3 is 0 Å². The quantitative estimate of drug-likeness (QED) is 0.550. The van der Waals surface area contributed by atoms with Crippen molar-refractivity contribution >= 4 is 23.3 Å². The molecule has 2 aromatic carbocycles. The van der Waals surface area contributed by atoms with E-state index in [0.717, 1.165) is 22.4 Å². The molecule has 0 bridgehead atoms. The van der Waals surface area contributed by atoms with Crippen LogP contribution in [0.3, 0.4) is 0 Å².